The lowest BCUT2D eigenvalue weighted by atomic mass is 10.0. The van der Waals surface area contributed by atoms with Crippen molar-refractivity contribution in [1.82, 2.24) is 14.3 Å². The number of alkyl halides is 3. The highest BCUT2D eigenvalue weighted by Gasteiger charge is 2.39. The second kappa shape index (κ2) is 8.85. The maximum Gasteiger partial charge on any atom is 0.404 e. The fourth-order valence-electron chi connectivity index (χ4n) is 4.05. The molecule has 2 atom stereocenters. The lowest BCUT2D eigenvalue weighted by Crippen LogP contribution is -2.42. The highest BCUT2D eigenvalue weighted by atomic mass is 32.2. The summed E-state index contributed by atoms with van der Waals surface area (Å²) in [6.07, 6.45) is 2.83. The molecule has 1 aliphatic carbocycles. The van der Waals surface area contributed by atoms with Gasteiger partial charge in [0.15, 0.2) is 0 Å². The molecular formula is C23H20F4N4O2S. The number of halogens is 4. The average Bonchev–Trinajstić information content (AvgIpc) is 3.12. The van der Waals surface area contributed by atoms with Gasteiger partial charge in [-0.25, -0.2) is 12.8 Å². The van der Waals surface area contributed by atoms with Crippen molar-refractivity contribution in [3.63, 3.8) is 0 Å². The van der Waals surface area contributed by atoms with E-state index in [-0.39, 0.29) is 17.3 Å². The SMILES string of the molecule is C[C@@H](NS(=O)(=O)c1ccc(-c2c(C#N)c3cc(F)ccc3n2C2C=CCCC2)nc1)C(F)(F)F. The lowest BCUT2D eigenvalue weighted by molar-refractivity contribution is -0.147. The quantitative estimate of drug-likeness (QED) is 0.391. The number of fused-ring (bicyclic) bond motifs is 1. The van der Waals surface area contributed by atoms with Gasteiger partial charge in [-0.1, -0.05) is 12.2 Å². The number of benzene rings is 1. The van der Waals surface area contributed by atoms with E-state index in [4.69, 9.17) is 0 Å². The van der Waals surface area contributed by atoms with E-state index in [9.17, 15) is 31.2 Å². The van der Waals surface area contributed by atoms with E-state index in [1.165, 1.54) is 18.2 Å². The molecule has 0 radical (unpaired) electrons. The Morgan fingerprint density at radius 1 is 1.26 bits per heavy atom. The van der Waals surface area contributed by atoms with E-state index in [0.717, 1.165) is 31.5 Å². The van der Waals surface area contributed by atoms with Gasteiger partial charge in [-0.3, -0.25) is 4.98 Å². The zero-order valence-corrected chi connectivity index (χ0v) is 18.8. The maximum absolute atomic E-state index is 14.0. The normalized spacial score (nSPS) is 17.6. The van der Waals surface area contributed by atoms with Gasteiger partial charge in [0.2, 0.25) is 10.0 Å². The van der Waals surface area contributed by atoms with Crippen LogP contribution in [0.25, 0.3) is 22.3 Å². The van der Waals surface area contributed by atoms with Crippen LogP contribution < -0.4 is 4.72 Å². The topological polar surface area (TPSA) is 87.8 Å². The van der Waals surface area contributed by atoms with Crippen LogP contribution >= 0.6 is 0 Å². The molecule has 2 aromatic heterocycles. The molecule has 0 saturated carbocycles. The molecule has 1 aromatic carbocycles. The number of pyridine rings is 1. The Balaban J connectivity index is 1.83. The van der Waals surface area contributed by atoms with Crippen LogP contribution in [0.5, 0.6) is 0 Å². The first-order valence-electron chi connectivity index (χ1n) is 10.5. The molecule has 1 N–H and O–H groups in total. The molecule has 0 bridgehead atoms. The molecule has 178 valence electrons. The molecule has 3 aromatic rings. The second-order valence-electron chi connectivity index (χ2n) is 8.06. The van der Waals surface area contributed by atoms with Gasteiger partial charge >= 0.3 is 6.18 Å². The minimum atomic E-state index is -4.74. The smallest absolute Gasteiger partial charge is 0.331 e. The molecule has 0 spiro atoms. The van der Waals surface area contributed by atoms with Gasteiger partial charge < -0.3 is 4.57 Å². The number of allylic oxidation sites excluding steroid dienone is 2. The Hall–Kier alpha value is -3.23. The van der Waals surface area contributed by atoms with Crippen molar-refractivity contribution in [2.24, 2.45) is 0 Å². The highest BCUT2D eigenvalue weighted by molar-refractivity contribution is 7.89. The van der Waals surface area contributed by atoms with Crippen LogP contribution in [0, 0.1) is 17.1 Å². The molecule has 34 heavy (non-hydrogen) atoms. The largest absolute Gasteiger partial charge is 0.404 e. The Morgan fingerprint density at radius 3 is 2.62 bits per heavy atom. The molecule has 0 saturated heterocycles. The monoisotopic (exact) mass is 492 g/mol. The fraction of sp³-hybridized carbons (Fsp3) is 0.304. The first-order valence-corrected chi connectivity index (χ1v) is 12.0. The average molecular weight is 492 g/mol. The summed E-state index contributed by atoms with van der Waals surface area (Å²) in [7, 11) is -4.48. The molecule has 0 amide bonds. The summed E-state index contributed by atoms with van der Waals surface area (Å²) in [6, 6.07) is 6.31. The minimum Gasteiger partial charge on any atom is -0.331 e. The predicted octanol–water partition coefficient (Wildman–Crippen LogP) is 5.22. The van der Waals surface area contributed by atoms with Crippen molar-refractivity contribution >= 4 is 20.9 Å². The van der Waals surface area contributed by atoms with Gasteiger partial charge in [0.05, 0.1) is 28.5 Å². The van der Waals surface area contributed by atoms with Crippen LogP contribution in [0.3, 0.4) is 0 Å². The van der Waals surface area contributed by atoms with Crippen LogP contribution in [0.1, 0.15) is 37.8 Å². The van der Waals surface area contributed by atoms with E-state index in [1.54, 1.807) is 10.8 Å². The van der Waals surface area contributed by atoms with Crippen molar-refractivity contribution < 1.29 is 26.0 Å². The van der Waals surface area contributed by atoms with Crippen molar-refractivity contribution in [3.05, 3.63) is 60.1 Å². The minimum absolute atomic E-state index is 0.127. The lowest BCUT2D eigenvalue weighted by Gasteiger charge is -2.22. The molecule has 1 aliphatic rings. The van der Waals surface area contributed by atoms with Crippen LogP contribution in [-0.4, -0.2) is 30.2 Å². The third-order valence-corrected chi connectivity index (χ3v) is 7.28. The van der Waals surface area contributed by atoms with Crippen LogP contribution in [0.15, 0.2) is 53.6 Å². The van der Waals surface area contributed by atoms with E-state index in [1.807, 2.05) is 16.7 Å². The van der Waals surface area contributed by atoms with E-state index in [0.29, 0.717) is 23.5 Å². The van der Waals surface area contributed by atoms with Gasteiger partial charge in [-0.15, -0.1) is 0 Å². The summed E-state index contributed by atoms with van der Waals surface area (Å²) in [4.78, 5) is 3.73. The van der Waals surface area contributed by atoms with Gasteiger partial charge in [-0.2, -0.15) is 23.2 Å². The maximum atomic E-state index is 14.0. The standard InChI is InChI=1S/C23H20F4N4O2S/c1-14(23(25,26)27)30-34(32,33)17-8-9-20(29-13-17)22-19(12-28)18-11-15(24)7-10-21(18)31(22)16-5-3-2-4-6-16/h3,5,7-11,13-14,16,30H,2,4,6H2,1H3/t14-,16?/m1/s1. The zero-order chi connectivity index (χ0) is 24.7. The summed E-state index contributed by atoms with van der Waals surface area (Å²) in [6.45, 7) is 0.702. The molecule has 2 heterocycles. The molecule has 0 aliphatic heterocycles. The highest BCUT2D eigenvalue weighted by Crippen LogP contribution is 2.38. The summed E-state index contributed by atoms with van der Waals surface area (Å²) in [5.41, 5.74) is 1.44. The second-order valence-corrected chi connectivity index (χ2v) is 9.77. The van der Waals surface area contributed by atoms with E-state index < -0.39 is 33.0 Å². The molecule has 4 rings (SSSR count). The molecule has 11 heteroatoms. The van der Waals surface area contributed by atoms with E-state index >= 15 is 0 Å². The van der Waals surface area contributed by atoms with Crippen LogP contribution in [0.4, 0.5) is 17.6 Å². The number of nitrogens with zero attached hydrogens (tertiary/aromatic N) is 3. The van der Waals surface area contributed by atoms with Crippen LogP contribution in [-0.2, 0) is 10.0 Å². The van der Waals surface area contributed by atoms with Gasteiger partial charge in [0.1, 0.15) is 22.8 Å². The van der Waals surface area contributed by atoms with Crippen molar-refractivity contribution in [3.8, 4) is 17.5 Å². The zero-order valence-electron chi connectivity index (χ0n) is 18.0. The molecule has 0 fully saturated rings. The number of sulfonamides is 1. The predicted molar refractivity (Wildman–Crippen MR) is 118 cm³/mol. The Bertz CT molecular complexity index is 1400. The molecule has 6 nitrogen and oxygen atoms in total. The number of hydrogen-bond acceptors (Lipinski definition) is 4. The van der Waals surface area contributed by atoms with E-state index in [2.05, 4.69) is 11.1 Å². The first kappa shape index (κ1) is 23.9. The van der Waals surface area contributed by atoms with Crippen molar-refractivity contribution in [1.29, 1.82) is 5.26 Å². The van der Waals surface area contributed by atoms with Gasteiger partial charge in [0.25, 0.3) is 0 Å². The summed E-state index contributed by atoms with van der Waals surface area (Å²) in [5.74, 6) is -0.508. The Morgan fingerprint density at radius 2 is 2.03 bits per heavy atom. The summed E-state index contributed by atoms with van der Waals surface area (Å²) >= 11 is 0. The third-order valence-electron chi connectivity index (χ3n) is 5.75. The van der Waals surface area contributed by atoms with Crippen molar-refractivity contribution in [2.45, 2.75) is 49.3 Å². The number of hydrogen-bond donors (Lipinski definition) is 1. The fourth-order valence-corrected chi connectivity index (χ4v) is 5.23. The first-order chi connectivity index (χ1) is 16.0. The Kier molecular flexibility index (Phi) is 6.22. The molecular weight excluding hydrogens is 472 g/mol. The van der Waals surface area contributed by atoms with Crippen molar-refractivity contribution in [2.75, 3.05) is 0 Å². The number of nitriles is 1. The Labute approximate surface area is 193 Å². The van der Waals surface area contributed by atoms with Gasteiger partial charge in [0, 0.05) is 11.6 Å². The molecule has 1 unspecified atom stereocenters. The number of aromatic nitrogens is 2. The van der Waals surface area contributed by atoms with Crippen LogP contribution in [0.2, 0.25) is 0 Å². The number of nitrogens with one attached hydrogen (secondary N) is 1. The van der Waals surface area contributed by atoms with Gasteiger partial charge in [-0.05, 0) is 56.5 Å². The number of rotatable bonds is 5. The summed E-state index contributed by atoms with van der Waals surface area (Å²) in [5, 5.41) is 10.3. The summed E-state index contributed by atoms with van der Waals surface area (Å²) < 4.78 is 80.7. The third kappa shape index (κ3) is 4.43.